The van der Waals surface area contributed by atoms with E-state index in [9.17, 15) is 4.79 Å². The van der Waals surface area contributed by atoms with Crippen LogP contribution in [0.5, 0.6) is 0 Å². The Morgan fingerprint density at radius 2 is 2.14 bits per heavy atom. The number of nitrogens with zero attached hydrogens (tertiary/aromatic N) is 3. The quantitative estimate of drug-likeness (QED) is 0.487. The molecule has 0 saturated heterocycles. The van der Waals surface area contributed by atoms with Gasteiger partial charge in [-0.05, 0) is 62.1 Å². The number of benzene rings is 1. The summed E-state index contributed by atoms with van der Waals surface area (Å²) < 4.78 is 7.14. The molecule has 1 aliphatic carbocycles. The molecule has 4 aromatic rings. The predicted octanol–water partition coefficient (Wildman–Crippen LogP) is 3.52. The van der Waals surface area contributed by atoms with Crippen LogP contribution in [0.4, 0.5) is 5.82 Å². The zero-order chi connectivity index (χ0) is 20.0. The van der Waals surface area contributed by atoms with Crippen LogP contribution >= 0.6 is 0 Å². The number of hydrogen-bond donors (Lipinski definition) is 3. The van der Waals surface area contributed by atoms with E-state index in [2.05, 4.69) is 10.3 Å². The second-order valence-corrected chi connectivity index (χ2v) is 7.57. The molecule has 0 spiro atoms. The van der Waals surface area contributed by atoms with Crippen molar-refractivity contribution in [2.24, 2.45) is 5.73 Å². The van der Waals surface area contributed by atoms with Gasteiger partial charge in [-0.25, -0.2) is 14.3 Å². The highest BCUT2D eigenvalue weighted by molar-refractivity contribution is 5.92. The van der Waals surface area contributed by atoms with Crippen LogP contribution in [0.15, 0.2) is 47.0 Å². The number of imidazole rings is 1. The van der Waals surface area contributed by atoms with Crippen molar-refractivity contribution in [3.05, 3.63) is 48.4 Å². The lowest BCUT2D eigenvalue weighted by molar-refractivity contribution is 0.0665. The molecule has 8 heteroatoms. The highest BCUT2D eigenvalue weighted by atomic mass is 16.4. The van der Waals surface area contributed by atoms with Crippen LogP contribution in [-0.4, -0.2) is 37.8 Å². The molecule has 4 N–H and O–H groups in total. The number of furan rings is 1. The fraction of sp³-hybridized carbons (Fsp3) is 0.286. The first-order valence-corrected chi connectivity index (χ1v) is 9.71. The van der Waals surface area contributed by atoms with Gasteiger partial charge in [0.2, 0.25) is 5.76 Å². The summed E-state index contributed by atoms with van der Waals surface area (Å²) in [7, 11) is 0. The number of carbonyl (C=O) groups is 1. The van der Waals surface area contributed by atoms with E-state index in [1.54, 1.807) is 16.8 Å². The molecular formula is C21H21N5O3. The molecule has 0 bridgehead atoms. The minimum absolute atomic E-state index is 0.0782. The molecule has 29 heavy (non-hydrogen) atoms. The first kappa shape index (κ1) is 17.7. The molecule has 148 valence electrons. The Hall–Kier alpha value is -3.39. The number of fused-ring (bicyclic) bond motifs is 2. The lowest BCUT2D eigenvalue weighted by Gasteiger charge is -2.27. The lowest BCUT2D eigenvalue weighted by Crippen LogP contribution is -2.35. The maximum Gasteiger partial charge on any atom is 0.371 e. The summed E-state index contributed by atoms with van der Waals surface area (Å²) in [5.74, 6) is -0.378. The molecule has 1 fully saturated rings. The Kier molecular flexibility index (Phi) is 4.21. The molecule has 5 rings (SSSR count). The SMILES string of the molecule is NC1CCCC(Nc2ccc3ncc(-c4ccc5oc(C(=O)O)cc5c4)n3n2)C1. The van der Waals surface area contributed by atoms with Gasteiger partial charge in [0, 0.05) is 23.0 Å². The van der Waals surface area contributed by atoms with Crippen molar-refractivity contribution in [2.45, 2.75) is 37.8 Å². The minimum atomic E-state index is -1.09. The van der Waals surface area contributed by atoms with Gasteiger partial charge in [0.05, 0.1) is 11.9 Å². The number of hydrogen-bond acceptors (Lipinski definition) is 6. The average molecular weight is 391 g/mol. The van der Waals surface area contributed by atoms with E-state index in [4.69, 9.17) is 20.4 Å². The second-order valence-electron chi connectivity index (χ2n) is 7.57. The van der Waals surface area contributed by atoms with Gasteiger partial charge in [0.15, 0.2) is 5.65 Å². The molecule has 2 unspecified atom stereocenters. The van der Waals surface area contributed by atoms with Gasteiger partial charge in [-0.3, -0.25) is 0 Å². The molecule has 2 atom stereocenters. The van der Waals surface area contributed by atoms with E-state index in [0.717, 1.165) is 53.8 Å². The van der Waals surface area contributed by atoms with Gasteiger partial charge in [-0.1, -0.05) is 0 Å². The third kappa shape index (κ3) is 3.31. The van der Waals surface area contributed by atoms with Crippen LogP contribution in [0, 0.1) is 0 Å². The fourth-order valence-electron chi connectivity index (χ4n) is 4.02. The first-order chi connectivity index (χ1) is 14.1. The maximum absolute atomic E-state index is 11.1. The number of aromatic nitrogens is 3. The summed E-state index contributed by atoms with van der Waals surface area (Å²) in [6.45, 7) is 0. The van der Waals surface area contributed by atoms with Gasteiger partial charge < -0.3 is 20.6 Å². The molecular weight excluding hydrogens is 370 g/mol. The number of rotatable bonds is 4. The van der Waals surface area contributed by atoms with Gasteiger partial charge in [-0.15, -0.1) is 5.10 Å². The molecule has 0 radical (unpaired) electrons. The lowest BCUT2D eigenvalue weighted by atomic mass is 9.92. The number of aromatic carboxylic acids is 1. The van der Waals surface area contributed by atoms with Gasteiger partial charge in [-0.2, -0.15) is 0 Å². The van der Waals surface area contributed by atoms with Crippen molar-refractivity contribution < 1.29 is 14.3 Å². The topological polar surface area (TPSA) is 119 Å². The summed E-state index contributed by atoms with van der Waals surface area (Å²) in [5, 5.41) is 18.1. The van der Waals surface area contributed by atoms with E-state index >= 15 is 0 Å². The van der Waals surface area contributed by atoms with Crippen LogP contribution in [0.1, 0.15) is 36.2 Å². The average Bonchev–Trinajstić information content (AvgIpc) is 3.31. The Bertz CT molecular complexity index is 1210. The van der Waals surface area contributed by atoms with Crippen LogP contribution in [0.2, 0.25) is 0 Å². The summed E-state index contributed by atoms with van der Waals surface area (Å²) >= 11 is 0. The maximum atomic E-state index is 11.1. The van der Waals surface area contributed by atoms with E-state index in [1.165, 1.54) is 6.07 Å². The Labute approximate surface area is 166 Å². The van der Waals surface area contributed by atoms with Crippen molar-refractivity contribution in [3.8, 4) is 11.3 Å². The van der Waals surface area contributed by atoms with Crippen LogP contribution in [0.25, 0.3) is 27.9 Å². The number of carboxylic acid groups (broad SMARTS) is 1. The zero-order valence-corrected chi connectivity index (χ0v) is 15.7. The van der Waals surface area contributed by atoms with Crippen LogP contribution in [-0.2, 0) is 0 Å². The standard InChI is InChI=1S/C21H21N5O3/c22-14-2-1-3-15(10-14)24-19-6-7-20-23-11-16(26(20)25-19)12-4-5-17-13(8-12)9-18(29-17)21(27)28/h4-9,11,14-15H,1-3,10,22H2,(H,24,25)(H,27,28). The van der Waals surface area contributed by atoms with Gasteiger partial charge in [0.25, 0.3) is 0 Å². The molecule has 1 aromatic carbocycles. The summed E-state index contributed by atoms with van der Waals surface area (Å²) in [6.07, 6.45) is 6.01. The summed E-state index contributed by atoms with van der Waals surface area (Å²) in [4.78, 5) is 15.6. The van der Waals surface area contributed by atoms with E-state index in [-0.39, 0.29) is 11.8 Å². The monoisotopic (exact) mass is 391 g/mol. The third-order valence-corrected chi connectivity index (χ3v) is 5.45. The molecule has 0 aliphatic heterocycles. The van der Waals surface area contributed by atoms with Crippen molar-refractivity contribution in [2.75, 3.05) is 5.32 Å². The number of anilines is 1. The van der Waals surface area contributed by atoms with E-state index in [1.807, 2.05) is 24.3 Å². The van der Waals surface area contributed by atoms with Crippen molar-refractivity contribution in [1.82, 2.24) is 14.6 Å². The third-order valence-electron chi connectivity index (χ3n) is 5.45. The second kappa shape index (κ2) is 6.89. The summed E-state index contributed by atoms with van der Waals surface area (Å²) in [5.41, 5.74) is 9.07. The first-order valence-electron chi connectivity index (χ1n) is 9.71. The molecule has 0 amide bonds. The Morgan fingerprint density at radius 3 is 2.97 bits per heavy atom. The number of nitrogens with two attached hydrogens (primary N) is 1. The Balaban J connectivity index is 1.50. The van der Waals surface area contributed by atoms with Crippen LogP contribution in [0.3, 0.4) is 0 Å². The van der Waals surface area contributed by atoms with Crippen molar-refractivity contribution in [3.63, 3.8) is 0 Å². The normalized spacial score (nSPS) is 19.6. The molecule has 1 saturated carbocycles. The van der Waals surface area contributed by atoms with Crippen molar-refractivity contribution >= 4 is 28.4 Å². The minimum Gasteiger partial charge on any atom is -0.475 e. The largest absolute Gasteiger partial charge is 0.475 e. The highest BCUT2D eigenvalue weighted by Crippen LogP contribution is 2.28. The zero-order valence-electron chi connectivity index (χ0n) is 15.7. The summed E-state index contributed by atoms with van der Waals surface area (Å²) in [6, 6.07) is 11.5. The molecule has 3 aromatic heterocycles. The fourth-order valence-corrected chi connectivity index (χ4v) is 4.02. The van der Waals surface area contributed by atoms with Crippen molar-refractivity contribution in [1.29, 1.82) is 0 Å². The highest BCUT2D eigenvalue weighted by Gasteiger charge is 2.20. The molecule has 8 nitrogen and oxygen atoms in total. The van der Waals surface area contributed by atoms with Crippen LogP contribution < -0.4 is 11.1 Å². The predicted molar refractivity (Wildman–Crippen MR) is 109 cm³/mol. The van der Waals surface area contributed by atoms with Gasteiger partial charge >= 0.3 is 5.97 Å². The van der Waals surface area contributed by atoms with E-state index < -0.39 is 5.97 Å². The Morgan fingerprint density at radius 1 is 1.24 bits per heavy atom. The molecule has 3 heterocycles. The van der Waals surface area contributed by atoms with E-state index in [0.29, 0.717) is 11.6 Å². The number of nitrogens with one attached hydrogen (secondary N) is 1. The van der Waals surface area contributed by atoms with Gasteiger partial charge in [0.1, 0.15) is 11.4 Å². The molecule has 1 aliphatic rings. The smallest absolute Gasteiger partial charge is 0.371 e. The number of carboxylic acids is 1.